The molecule has 22 heavy (non-hydrogen) atoms. The topological polar surface area (TPSA) is 76.0 Å². The number of methoxy groups -OCH3 is 2. The molecule has 0 saturated heterocycles. The van der Waals surface area contributed by atoms with Gasteiger partial charge >= 0.3 is 0 Å². The van der Waals surface area contributed by atoms with Crippen molar-refractivity contribution in [2.24, 2.45) is 0 Å². The standard InChI is InChI=1S/C17H16O5/c1-21-13-5-8-17(22-2)12(9-13)4-6-14(18)11-3-7-15(19)16(20)10-11/h3-10,19-20H,1-2H3/b6-4+. The molecular weight excluding hydrogens is 284 g/mol. The number of hydrogen-bond donors (Lipinski definition) is 2. The SMILES string of the molecule is COc1ccc(OC)c(/C=C/C(=O)c2ccc(O)c(O)c2)c1. The normalized spacial score (nSPS) is 10.6. The molecule has 0 aliphatic carbocycles. The number of ketones is 1. The van der Waals surface area contributed by atoms with Crippen molar-refractivity contribution in [3.05, 3.63) is 53.6 Å². The Morgan fingerprint density at radius 2 is 1.77 bits per heavy atom. The molecule has 0 aliphatic heterocycles. The summed E-state index contributed by atoms with van der Waals surface area (Å²) in [6.45, 7) is 0. The van der Waals surface area contributed by atoms with E-state index >= 15 is 0 Å². The van der Waals surface area contributed by atoms with E-state index in [0.717, 1.165) is 0 Å². The van der Waals surface area contributed by atoms with Gasteiger partial charge in [-0.15, -0.1) is 0 Å². The van der Waals surface area contributed by atoms with Crippen LogP contribution in [0.2, 0.25) is 0 Å². The summed E-state index contributed by atoms with van der Waals surface area (Å²) in [6.07, 6.45) is 2.97. The van der Waals surface area contributed by atoms with Crippen LogP contribution in [0.5, 0.6) is 23.0 Å². The molecule has 0 aromatic heterocycles. The number of allylic oxidation sites excluding steroid dienone is 1. The quantitative estimate of drug-likeness (QED) is 0.504. The molecule has 5 heteroatoms. The molecule has 0 fully saturated rings. The Hall–Kier alpha value is -2.95. The molecular formula is C17H16O5. The maximum absolute atomic E-state index is 12.1. The molecule has 2 rings (SSSR count). The Balaban J connectivity index is 2.27. The van der Waals surface area contributed by atoms with Gasteiger partial charge in [0.05, 0.1) is 14.2 Å². The van der Waals surface area contributed by atoms with Gasteiger partial charge in [-0.25, -0.2) is 0 Å². The van der Waals surface area contributed by atoms with Crippen LogP contribution in [-0.4, -0.2) is 30.2 Å². The van der Waals surface area contributed by atoms with Gasteiger partial charge < -0.3 is 19.7 Å². The highest BCUT2D eigenvalue weighted by molar-refractivity contribution is 6.07. The molecule has 0 spiro atoms. The summed E-state index contributed by atoms with van der Waals surface area (Å²) in [5.41, 5.74) is 0.964. The zero-order valence-electron chi connectivity index (χ0n) is 12.2. The predicted octanol–water partition coefficient (Wildman–Crippen LogP) is 3.01. The van der Waals surface area contributed by atoms with Crippen molar-refractivity contribution < 1.29 is 24.5 Å². The second-order valence-corrected chi connectivity index (χ2v) is 4.51. The third-order valence-corrected chi connectivity index (χ3v) is 3.11. The average molecular weight is 300 g/mol. The molecule has 2 aromatic rings. The van der Waals surface area contributed by atoms with Crippen LogP contribution in [0.25, 0.3) is 6.08 Å². The molecule has 0 bridgehead atoms. The van der Waals surface area contributed by atoms with Crippen LogP contribution in [0.15, 0.2) is 42.5 Å². The van der Waals surface area contributed by atoms with Gasteiger partial charge in [-0.3, -0.25) is 4.79 Å². The van der Waals surface area contributed by atoms with E-state index in [4.69, 9.17) is 9.47 Å². The molecule has 0 heterocycles. The highest BCUT2D eigenvalue weighted by atomic mass is 16.5. The monoisotopic (exact) mass is 300 g/mol. The zero-order chi connectivity index (χ0) is 16.1. The molecule has 0 atom stereocenters. The fourth-order valence-corrected chi connectivity index (χ4v) is 1.91. The van der Waals surface area contributed by atoms with E-state index in [2.05, 4.69) is 0 Å². The summed E-state index contributed by atoms with van der Waals surface area (Å²) in [6, 6.07) is 9.17. The zero-order valence-corrected chi connectivity index (χ0v) is 12.2. The minimum Gasteiger partial charge on any atom is -0.504 e. The number of aromatic hydroxyl groups is 2. The molecule has 2 aromatic carbocycles. The van der Waals surface area contributed by atoms with Crippen LogP contribution in [0, 0.1) is 0 Å². The highest BCUT2D eigenvalue weighted by Gasteiger charge is 2.07. The molecule has 0 saturated carbocycles. The van der Waals surface area contributed by atoms with Crippen LogP contribution in [-0.2, 0) is 0 Å². The molecule has 2 N–H and O–H groups in total. The highest BCUT2D eigenvalue weighted by Crippen LogP contribution is 2.27. The maximum atomic E-state index is 12.1. The van der Waals surface area contributed by atoms with Gasteiger partial charge in [0.25, 0.3) is 0 Å². The van der Waals surface area contributed by atoms with E-state index in [-0.39, 0.29) is 22.8 Å². The number of carbonyl (C=O) groups excluding carboxylic acids is 1. The number of rotatable bonds is 5. The Labute approximate surface area is 128 Å². The van der Waals surface area contributed by atoms with Gasteiger partial charge in [-0.1, -0.05) is 0 Å². The number of phenolic OH excluding ortho intramolecular Hbond substituents is 2. The number of phenols is 2. The first-order valence-electron chi connectivity index (χ1n) is 6.51. The Morgan fingerprint density at radius 3 is 2.41 bits per heavy atom. The van der Waals surface area contributed by atoms with E-state index in [1.807, 2.05) is 0 Å². The van der Waals surface area contributed by atoms with Gasteiger partial charge in [0.2, 0.25) is 0 Å². The average Bonchev–Trinajstić information content (AvgIpc) is 2.54. The van der Waals surface area contributed by atoms with E-state index in [0.29, 0.717) is 17.1 Å². The van der Waals surface area contributed by atoms with Crippen molar-refractivity contribution in [1.82, 2.24) is 0 Å². The maximum Gasteiger partial charge on any atom is 0.185 e. The van der Waals surface area contributed by atoms with Crippen molar-refractivity contribution >= 4 is 11.9 Å². The molecule has 5 nitrogen and oxygen atoms in total. The summed E-state index contributed by atoms with van der Waals surface area (Å²) in [5, 5.41) is 18.7. The Morgan fingerprint density at radius 1 is 1.00 bits per heavy atom. The molecule has 114 valence electrons. The molecule has 0 amide bonds. The Kier molecular flexibility index (Phi) is 4.68. The van der Waals surface area contributed by atoms with Crippen molar-refractivity contribution in [2.45, 2.75) is 0 Å². The number of hydrogen-bond acceptors (Lipinski definition) is 5. The van der Waals surface area contributed by atoms with Gasteiger partial charge in [-0.05, 0) is 48.6 Å². The minimum atomic E-state index is -0.335. The van der Waals surface area contributed by atoms with Crippen LogP contribution in [0.1, 0.15) is 15.9 Å². The van der Waals surface area contributed by atoms with E-state index in [9.17, 15) is 15.0 Å². The van der Waals surface area contributed by atoms with Crippen molar-refractivity contribution in [3.8, 4) is 23.0 Å². The van der Waals surface area contributed by atoms with Crippen LogP contribution < -0.4 is 9.47 Å². The van der Waals surface area contributed by atoms with Crippen molar-refractivity contribution in [3.63, 3.8) is 0 Å². The lowest BCUT2D eigenvalue weighted by Crippen LogP contribution is -1.94. The van der Waals surface area contributed by atoms with Gasteiger partial charge in [0, 0.05) is 11.1 Å². The summed E-state index contributed by atoms with van der Waals surface area (Å²) in [4.78, 5) is 12.1. The second kappa shape index (κ2) is 6.67. The van der Waals surface area contributed by atoms with Crippen molar-refractivity contribution in [2.75, 3.05) is 14.2 Å². The van der Waals surface area contributed by atoms with Crippen LogP contribution in [0.4, 0.5) is 0 Å². The Bertz CT molecular complexity index is 719. The van der Waals surface area contributed by atoms with E-state index in [1.54, 1.807) is 38.5 Å². The third kappa shape index (κ3) is 3.38. The summed E-state index contributed by atoms with van der Waals surface area (Å²) >= 11 is 0. The lowest BCUT2D eigenvalue weighted by molar-refractivity contribution is 0.104. The fourth-order valence-electron chi connectivity index (χ4n) is 1.91. The number of benzene rings is 2. The number of ether oxygens (including phenoxy) is 2. The molecule has 0 radical (unpaired) electrons. The predicted molar refractivity (Wildman–Crippen MR) is 82.7 cm³/mol. The van der Waals surface area contributed by atoms with Crippen LogP contribution >= 0.6 is 0 Å². The third-order valence-electron chi connectivity index (χ3n) is 3.11. The second-order valence-electron chi connectivity index (χ2n) is 4.51. The number of carbonyl (C=O) groups is 1. The van der Waals surface area contributed by atoms with Crippen molar-refractivity contribution in [1.29, 1.82) is 0 Å². The summed E-state index contributed by atoms with van der Waals surface area (Å²) in [5.74, 6) is 0.349. The summed E-state index contributed by atoms with van der Waals surface area (Å²) < 4.78 is 10.4. The smallest absolute Gasteiger partial charge is 0.185 e. The lowest BCUT2D eigenvalue weighted by Gasteiger charge is -2.07. The van der Waals surface area contributed by atoms with E-state index in [1.165, 1.54) is 24.3 Å². The molecule has 0 unspecified atom stereocenters. The first-order valence-corrected chi connectivity index (χ1v) is 6.51. The van der Waals surface area contributed by atoms with Gasteiger partial charge in [-0.2, -0.15) is 0 Å². The minimum absolute atomic E-state index is 0.269. The first-order chi connectivity index (χ1) is 10.5. The van der Waals surface area contributed by atoms with Crippen LogP contribution in [0.3, 0.4) is 0 Å². The van der Waals surface area contributed by atoms with Gasteiger partial charge in [0.15, 0.2) is 17.3 Å². The largest absolute Gasteiger partial charge is 0.504 e. The van der Waals surface area contributed by atoms with E-state index < -0.39 is 0 Å². The fraction of sp³-hybridized carbons (Fsp3) is 0.118. The summed E-state index contributed by atoms with van der Waals surface area (Å²) in [7, 11) is 3.10. The first kappa shape index (κ1) is 15.4. The molecule has 0 aliphatic rings. The lowest BCUT2D eigenvalue weighted by atomic mass is 10.1. The van der Waals surface area contributed by atoms with Gasteiger partial charge in [0.1, 0.15) is 11.5 Å².